The van der Waals surface area contributed by atoms with Crippen molar-refractivity contribution in [3.05, 3.63) is 54.1 Å². The second-order valence-corrected chi connectivity index (χ2v) is 3.88. The molecule has 1 aromatic rings. The van der Waals surface area contributed by atoms with Crippen molar-refractivity contribution in [1.29, 1.82) is 0 Å². The molecule has 2 unspecified atom stereocenters. The number of benzene rings is 1. The molecule has 0 spiro atoms. The summed E-state index contributed by atoms with van der Waals surface area (Å²) in [6.45, 7) is 0. The fourth-order valence-electron chi connectivity index (χ4n) is 1.88. The van der Waals surface area contributed by atoms with E-state index in [1.165, 1.54) is 11.1 Å². The smallest absolute Gasteiger partial charge is 0.106 e. The van der Waals surface area contributed by atoms with Crippen molar-refractivity contribution < 1.29 is 0 Å². The van der Waals surface area contributed by atoms with Gasteiger partial charge in [-0.25, -0.2) is 0 Å². The zero-order chi connectivity index (χ0) is 9.60. The molecule has 3 rings (SSSR count). The summed E-state index contributed by atoms with van der Waals surface area (Å²) in [5, 5.41) is 3.22. The van der Waals surface area contributed by atoms with E-state index >= 15 is 0 Å². The number of rotatable bonds is 1. The fourth-order valence-corrected chi connectivity index (χ4v) is 1.88. The molecule has 1 aromatic carbocycles. The highest BCUT2D eigenvalue weighted by Gasteiger charge is 2.48. The Hall–Kier alpha value is -1.38. The molecule has 0 radical (unpaired) electrons. The topological polar surface area (TPSA) is 48.0 Å². The molecule has 1 fully saturated rings. The largest absolute Gasteiger partial charge is 0.308 e. The van der Waals surface area contributed by atoms with Crippen molar-refractivity contribution in [3.63, 3.8) is 0 Å². The Morgan fingerprint density at radius 3 is 2.71 bits per heavy atom. The van der Waals surface area contributed by atoms with Gasteiger partial charge in [0, 0.05) is 0 Å². The first kappa shape index (κ1) is 7.97. The van der Waals surface area contributed by atoms with Gasteiger partial charge in [0.25, 0.3) is 0 Å². The van der Waals surface area contributed by atoms with Gasteiger partial charge in [-0.1, -0.05) is 42.5 Å². The van der Waals surface area contributed by atoms with Crippen molar-refractivity contribution >= 4 is 5.57 Å². The van der Waals surface area contributed by atoms with Crippen LogP contribution in [-0.4, -0.2) is 11.7 Å². The lowest BCUT2D eigenvalue weighted by Crippen LogP contribution is -2.27. The number of allylic oxidation sites excluding steroid dienone is 2. The van der Waals surface area contributed by atoms with Crippen LogP contribution in [0.3, 0.4) is 0 Å². The summed E-state index contributed by atoms with van der Waals surface area (Å²) in [6, 6.07) is 10.6. The highest BCUT2D eigenvalue weighted by Crippen LogP contribution is 2.32. The van der Waals surface area contributed by atoms with Crippen molar-refractivity contribution in [3.8, 4) is 0 Å². The van der Waals surface area contributed by atoms with Gasteiger partial charge in [0.1, 0.15) is 5.66 Å². The summed E-state index contributed by atoms with van der Waals surface area (Å²) in [4.78, 5) is 0. The van der Waals surface area contributed by atoms with E-state index in [2.05, 4.69) is 35.7 Å². The Morgan fingerprint density at radius 2 is 2.00 bits per heavy atom. The summed E-state index contributed by atoms with van der Waals surface area (Å²) in [5.41, 5.74) is 8.19. The molecule has 0 aromatic heterocycles. The first-order valence-corrected chi connectivity index (χ1v) is 4.81. The van der Waals surface area contributed by atoms with Crippen molar-refractivity contribution in [2.75, 3.05) is 0 Å². The molecule has 70 valence electrons. The number of nitrogens with two attached hydrogens (primary N) is 1. The quantitative estimate of drug-likeness (QED) is 0.646. The highest BCUT2D eigenvalue weighted by atomic mass is 15.3. The Labute approximate surface area is 83.1 Å². The van der Waals surface area contributed by atoms with Crippen molar-refractivity contribution in [1.82, 2.24) is 5.32 Å². The van der Waals surface area contributed by atoms with E-state index in [4.69, 9.17) is 5.73 Å². The maximum atomic E-state index is 6.04. The van der Waals surface area contributed by atoms with Gasteiger partial charge in [-0.3, -0.25) is 5.32 Å². The van der Waals surface area contributed by atoms with Crippen LogP contribution < -0.4 is 11.1 Å². The zero-order valence-electron chi connectivity index (χ0n) is 7.77. The molecule has 1 aliphatic carbocycles. The summed E-state index contributed by atoms with van der Waals surface area (Å²) in [7, 11) is 0. The van der Waals surface area contributed by atoms with Gasteiger partial charge in [-0.05, 0) is 17.2 Å². The minimum atomic E-state index is -0.278. The molecule has 14 heavy (non-hydrogen) atoms. The highest BCUT2D eigenvalue weighted by molar-refractivity contribution is 5.78. The molecular weight excluding hydrogens is 172 g/mol. The van der Waals surface area contributed by atoms with Gasteiger partial charge in [-0.15, -0.1) is 0 Å². The van der Waals surface area contributed by atoms with Crippen LogP contribution in [-0.2, 0) is 0 Å². The Bertz CT molecular complexity index is 419. The number of hydrogen-bond acceptors (Lipinski definition) is 2. The minimum absolute atomic E-state index is 0.278. The first-order chi connectivity index (χ1) is 6.78. The lowest BCUT2D eigenvalue weighted by atomic mass is 9.97. The van der Waals surface area contributed by atoms with Gasteiger partial charge in [-0.2, -0.15) is 0 Å². The summed E-state index contributed by atoms with van der Waals surface area (Å²) < 4.78 is 0. The van der Waals surface area contributed by atoms with E-state index < -0.39 is 0 Å². The van der Waals surface area contributed by atoms with E-state index in [-0.39, 0.29) is 5.66 Å². The molecule has 2 heteroatoms. The van der Waals surface area contributed by atoms with Gasteiger partial charge in [0.15, 0.2) is 0 Å². The number of hydrogen-bond donors (Lipinski definition) is 2. The molecule has 1 saturated heterocycles. The third kappa shape index (κ3) is 1.12. The molecule has 0 saturated carbocycles. The molecule has 3 N–H and O–H groups in total. The average molecular weight is 184 g/mol. The molecule has 1 heterocycles. The van der Waals surface area contributed by atoms with E-state index in [1.54, 1.807) is 0 Å². The minimum Gasteiger partial charge on any atom is -0.308 e. The van der Waals surface area contributed by atoms with Crippen LogP contribution in [0.15, 0.2) is 48.6 Å². The maximum absolute atomic E-state index is 6.04. The molecule has 1 aliphatic heterocycles. The van der Waals surface area contributed by atoms with E-state index in [0.717, 1.165) is 0 Å². The fraction of sp³-hybridized carbons (Fsp3) is 0.167. The summed E-state index contributed by atoms with van der Waals surface area (Å²) in [5.74, 6) is 0. The second kappa shape index (κ2) is 2.56. The third-order valence-electron chi connectivity index (χ3n) is 2.81. The van der Waals surface area contributed by atoms with Crippen LogP contribution in [0.25, 0.3) is 5.57 Å². The molecule has 0 bridgehead atoms. The third-order valence-corrected chi connectivity index (χ3v) is 2.81. The summed E-state index contributed by atoms with van der Waals surface area (Å²) in [6.07, 6.45) is 6.36. The van der Waals surface area contributed by atoms with Crippen LogP contribution in [0.5, 0.6) is 0 Å². The molecule has 2 atom stereocenters. The normalized spacial score (nSPS) is 33.5. The lowest BCUT2D eigenvalue weighted by Gasteiger charge is -2.10. The Morgan fingerprint density at radius 1 is 1.21 bits per heavy atom. The lowest BCUT2D eigenvalue weighted by molar-refractivity contribution is 0.812. The molecule has 0 amide bonds. The van der Waals surface area contributed by atoms with Gasteiger partial charge < -0.3 is 5.73 Å². The van der Waals surface area contributed by atoms with E-state index in [0.29, 0.717) is 6.04 Å². The van der Waals surface area contributed by atoms with Gasteiger partial charge in [0.2, 0.25) is 0 Å². The second-order valence-electron chi connectivity index (χ2n) is 3.88. The van der Waals surface area contributed by atoms with Gasteiger partial charge >= 0.3 is 0 Å². The number of nitrogens with one attached hydrogen (secondary N) is 1. The Balaban J connectivity index is 2.01. The van der Waals surface area contributed by atoms with E-state index in [1.807, 2.05) is 18.2 Å². The predicted molar refractivity (Wildman–Crippen MR) is 57.4 cm³/mol. The molecule has 2 aliphatic rings. The van der Waals surface area contributed by atoms with Crippen molar-refractivity contribution in [2.24, 2.45) is 5.73 Å². The van der Waals surface area contributed by atoms with Crippen LogP contribution in [0.2, 0.25) is 0 Å². The monoisotopic (exact) mass is 184 g/mol. The molecule has 2 nitrogen and oxygen atoms in total. The zero-order valence-corrected chi connectivity index (χ0v) is 7.77. The Kier molecular flexibility index (Phi) is 1.46. The van der Waals surface area contributed by atoms with Crippen LogP contribution in [0.4, 0.5) is 0 Å². The SMILES string of the molecule is NC12C=C(c3ccccc3)C=CC1N2. The first-order valence-electron chi connectivity index (χ1n) is 4.81. The maximum Gasteiger partial charge on any atom is 0.106 e. The standard InChI is InChI=1S/C12H12N2/c13-12-8-10(6-7-11(12)14-12)9-4-2-1-3-5-9/h1-8,11,14H,13H2. The van der Waals surface area contributed by atoms with Crippen LogP contribution in [0.1, 0.15) is 5.56 Å². The van der Waals surface area contributed by atoms with Crippen LogP contribution in [0, 0.1) is 0 Å². The van der Waals surface area contributed by atoms with Crippen molar-refractivity contribution in [2.45, 2.75) is 11.7 Å². The molecular formula is C12H12N2. The van der Waals surface area contributed by atoms with Gasteiger partial charge in [0.05, 0.1) is 6.04 Å². The summed E-state index contributed by atoms with van der Waals surface area (Å²) >= 11 is 0. The average Bonchev–Trinajstić information content (AvgIpc) is 2.90. The predicted octanol–water partition coefficient (Wildman–Crippen LogP) is 1.27. The van der Waals surface area contributed by atoms with Crippen LogP contribution >= 0.6 is 0 Å². The van der Waals surface area contributed by atoms with E-state index in [9.17, 15) is 0 Å². The number of fused-ring (bicyclic) bond motifs is 1.